The van der Waals surface area contributed by atoms with Crippen molar-refractivity contribution < 1.29 is 9.59 Å². The summed E-state index contributed by atoms with van der Waals surface area (Å²) >= 11 is 3.42. The number of rotatable bonds is 3. The summed E-state index contributed by atoms with van der Waals surface area (Å²) in [6.45, 7) is 4.38. The molecule has 0 fully saturated rings. The van der Waals surface area contributed by atoms with Crippen LogP contribution < -0.4 is 5.73 Å². The van der Waals surface area contributed by atoms with Crippen LogP contribution in [0.4, 0.5) is 0 Å². The van der Waals surface area contributed by atoms with E-state index in [0.29, 0.717) is 13.0 Å². The lowest BCUT2D eigenvalue weighted by molar-refractivity contribution is -0.140. The predicted octanol–water partition coefficient (Wildman–Crippen LogP) is 1.84. The van der Waals surface area contributed by atoms with E-state index in [1.165, 1.54) is 0 Å². The van der Waals surface area contributed by atoms with Gasteiger partial charge in [-0.05, 0) is 17.0 Å². The predicted molar refractivity (Wildman–Crippen MR) is 81.2 cm³/mol. The molecule has 0 saturated heterocycles. The minimum absolute atomic E-state index is 0.0710. The molecule has 0 radical (unpaired) electrons. The maximum atomic E-state index is 12.5. The molecule has 1 unspecified atom stereocenters. The van der Waals surface area contributed by atoms with Crippen molar-refractivity contribution in [3.8, 4) is 0 Å². The number of primary amides is 1. The molecule has 1 aromatic rings. The van der Waals surface area contributed by atoms with Gasteiger partial charge in [-0.2, -0.15) is 0 Å². The first-order valence-corrected chi connectivity index (χ1v) is 7.64. The van der Waals surface area contributed by atoms with Crippen LogP contribution in [-0.4, -0.2) is 27.6 Å². The molecule has 0 saturated carbocycles. The third-order valence-electron chi connectivity index (χ3n) is 3.68. The molecule has 1 aromatic carbocycles. The maximum absolute atomic E-state index is 12.5. The highest BCUT2D eigenvalue weighted by Crippen LogP contribution is 2.26. The molecular formula is C15H19BrN2O2. The zero-order valence-electron chi connectivity index (χ0n) is 11.7. The second-order valence-electron chi connectivity index (χ2n) is 5.50. The van der Waals surface area contributed by atoms with Gasteiger partial charge in [0.25, 0.3) is 0 Å². The summed E-state index contributed by atoms with van der Waals surface area (Å²) < 4.78 is 0. The van der Waals surface area contributed by atoms with Crippen molar-refractivity contribution in [2.45, 2.75) is 37.7 Å². The Hall–Kier alpha value is -1.36. The lowest BCUT2D eigenvalue weighted by atomic mass is 9.93. The number of carbonyl (C=O) groups is 2. The fourth-order valence-electron chi connectivity index (χ4n) is 2.45. The van der Waals surface area contributed by atoms with Crippen LogP contribution in [0, 0.1) is 5.92 Å². The average molecular weight is 339 g/mol. The molecule has 0 spiro atoms. The summed E-state index contributed by atoms with van der Waals surface area (Å²) in [4.78, 5) is 25.5. The van der Waals surface area contributed by atoms with E-state index < -0.39 is 11.9 Å². The van der Waals surface area contributed by atoms with Gasteiger partial charge in [0.1, 0.15) is 6.04 Å². The van der Waals surface area contributed by atoms with Gasteiger partial charge in [-0.1, -0.05) is 54.0 Å². The van der Waals surface area contributed by atoms with E-state index in [0.717, 1.165) is 11.1 Å². The molecule has 2 rings (SSSR count). The van der Waals surface area contributed by atoms with E-state index in [9.17, 15) is 9.59 Å². The number of nitrogens with zero attached hydrogens (tertiary/aromatic N) is 1. The lowest BCUT2D eigenvalue weighted by Gasteiger charge is -2.36. The number of fused-ring (bicyclic) bond motifs is 1. The number of hydrogen-bond acceptors (Lipinski definition) is 2. The highest BCUT2D eigenvalue weighted by molar-refractivity contribution is 9.10. The molecule has 0 aliphatic carbocycles. The number of carbonyl (C=O) groups excluding carboxylic acids is 2. The zero-order chi connectivity index (χ0) is 14.9. The first-order valence-electron chi connectivity index (χ1n) is 6.72. The van der Waals surface area contributed by atoms with Gasteiger partial charge in [-0.3, -0.25) is 9.59 Å². The van der Waals surface area contributed by atoms with E-state index in [1.54, 1.807) is 4.90 Å². The van der Waals surface area contributed by atoms with E-state index in [-0.39, 0.29) is 16.7 Å². The Kier molecular flexibility index (Phi) is 4.48. The van der Waals surface area contributed by atoms with E-state index in [1.807, 2.05) is 38.1 Å². The van der Waals surface area contributed by atoms with Gasteiger partial charge in [0.05, 0.1) is 4.83 Å². The van der Waals surface area contributed by atoms with Crippen LogP contribution in [0.2, 0.25) is 0 Å². The van der Waals surface area contributed by atoms with E-state index >= 15 is 0 Å². The largest absolute Gasteiger partial charge is 0.368 e. The third kappa shape index (κ3) is 2.87. The molecule has 0 aromatic heterocycles. The quantitative estimate of drug-likeness (QED) is 0.854. The molecule has 2 amide bonds. The number of benzene rings is 1. The molecular weight excluding hydrogens is 320 g/mol. The third-order valence-corrected chi connectivity index (χ3v) is 5.13. The number of nitrogens with two attached hydrogens (primary N) is 1. The monoisotopic (exact) mass is 338 g/mol. The van der Waals surface area contributed by atoms with Crippen LogP contribution in [0.25, 0.3) is 0 Å². The fraction of sp³-hybridized carbons (Fsp3) is 0.467. The Morgan fingerprint density at radius 2 is 1.90 bits per heavy atom. The van der Waals surface area contributed by atoms with Gasteiger partial charge in [-0.25, -0.2) is 0 Å². The smallest absolute Gasteiger partial charge is 0.240 e. The first-order chi connectivity index (χ1) is 9.41. The number of alkyl halides is 1. The second kappa shape index (κ2) is 5.95. The highest BCUT2D eigenvalue weighted by Gasteiger charge is 2.36. The summed E-state index contributed by atoms with van der Waals surface area (Å²) in [6, 6.07) is 7.30. The van der Waals surface area contributed by atoms with Crippen LogP contribution in [-0.2, 0) is 22.6 Å². The van der Waals surface area contributed by atoms with Crippen molar-refractivity contribution >= 4 is 27.7 Å². The molecule has 4 nitrogen and oxygen atoms in total. The molecule has 0 bridgehead atoms. The summed E-state index contributed by atoms with van der Waals surface area (Å²) in [6.07, 6.45) is 0.495. The first kappa shape index (κ1) is 15.0. The van der Waals surface area contributed by atoms with Gasteiger partial charge in [0.2, 0.25) is 11.8 Å². The minimum Gasteiger partial charge on any atom is -0.368 e. The highest BCUT2D eigenvalue weighted by atomic mass is 79.9. The van der Waals surface area contributed by atoms with Gasteiger partial charge in [0.15, 0.2) is 0 Å². The van der Waals surface area contributed by atoms with Crippen LogP contribution >= 0.6 is 15.9 Å². The molecule has 2 atom stereocenters. The molecule has 20 heavy (non-hydrogen) atoms. The van der Waals surface area contributed by atoms with Crippen molar-refractivity contribution in [1.82, 2.24) is 4.90 Å². The van der Waals surface area contributed by atoms with Crippen LogP contribution in [0.15, 0.2) is 24.3 Å². The molecule has 1 heterocycles. The Balaban J connectivity index is 2.31. The fourth-order valence-corrected chi connectivity index (χ4v) is 2.72. The minimum atomic E-state index is -0.559. The molecule has 1 aliphatic heterocycles. The SMILES string of the molecule is CC(C)C(Br)C(=O)N1Cc2ccccc2C[C@H]1C(N)=O. The van der Waals surface area contributed by atoms with Gasteiger partial charge < -0.3 is 10.6 Å². The number of hydrogen-bond donors (Lipinski definition) is 1. The van der Waals surface area contributed by atoms with Gasteiger partial charge >= 0.3 is 0 Å². The lowest BCUT2D eigenvalue weighted by Crippen LogP contribution is -2.53. The van der Waals surface area contributed by atoms with E-state index in [2.05, 4.69) is 15.9 Å². The normalized spacial score (nSPS) is 19.6. The second-order valence-corrected chi connectivity index (χ2v) is 6.49. The standard InChI is InChI=1S/C15H19BrN2O2/c1-9(2)13(16)15(20)18-8-11-6-4-3-5-10(11)7-12(18)14(17)19/h3-6,9,12-13H,7-8H2,1-2H3,(H2,17,19)/t12-,13?/m0/s1. The zero-order valence-corrected chi connectivity index (χ0v) is 13.3. The van der Waals surface area contributed by atoms with Crippen LogP contribution in [0.3, 0.4) is 0 Å². The van der Waals surface area contributed by atoms with Crippen LogP contribution in [0.1, 0.15) is 25.0 Å². The summed E-state index contributed by atoms with van der Waals surface area (Å²) in [5, 5.41) is 0. The van der Waals surface area contributed by atoms with Crippen molar-refractivity contribution in [3.63, 3.8) is 0 Å². The Morgan fingerprint density at radius 3 is 2.45 bits per heavy atom. The molecule has 5 heteroatoms. The van der Waals surface area contributed by atoms with Gasteiger partial charge in [-0.15, -0.1) is 0 Å². The Bertz CT molecular complexity index is 530. The maximum Gasteiger partial charge on any atom is 0.240 e. The van der Waals surface area contributed by atoms with Crippen molar-refractivity contribution in [2.24, 2.45) is 11.7 Å². The molecule has 108 valence electrons. The summed E-state index contributed by atoms with van der Waals surface area (Å²) in [5.41, 5.74) is 7.66. The van der Waals surface area contributed by atoms with Crippen molar-refractivity contribution in [3.05, 3.63) is 35.4 Å². The van der Waals surface area contributed by atoms with Crippen molar-refractivity contribution in [2.75, 3.05) is 0 Å². The van der Waals surface area contributed by atoms with Crippen LogP contribution in [0.5, 0.6) is 0 Å². The summed E-state index contributed by atoms with van der Waals surface area (Å²) in [5.74, 6) is -0.359. The Morgan fingerprint density at radius 1 is 1.30 bits per heavy atom. The average Bonchev–Trinajstić information content (AvgIpc) is 2.44. The number of amides is 2. The number of halogens is 1. The molecule has 2 N–H and O–H groups in total. The Labute approximate surface area is 127 Å². The summed E-state index contributed by atoms with van der Waals surface area (Å²) in [7, 11) is 0. The van der Waals surface area contributed by atoms with Crippen molar-refractivity contribution in [1.29, 1.82) is 0 Å². The van der Waals surface area contributed by atoms with Gasteiger partial charge in [0, 0.05) is 13.0 Å². The topological polar surface area (TPSA) is 63.4 Å². The van der Waals surface area contributed by atoms with E-state index in [4.69, 9.17) is 5.73 Å². The molecule has 1 aliphatic rings.